The van der Waals surface area contributed by atoms with Crippen LogP contribution in [0.3, 0.4) is 0 Å². The zero-order valence-electron chi connectivity index (χ0n) is 15.4. The van der Waals surface area contributed by atoms with E-state index in [0.29, 0.717) is 30.7 Å². The summed E-state index contributed by atoms with van der Waals surface area (Å²) >= 11 is 0. The van der Waals surface area contributed by atoms with E-state index in [1.165, 1.54) is 12.1 Å². The smallest absolute Gasteiger partial charge is 0.407 e. The van der Waals surface area contributed by atoms with Crippen LogP contribution in [0.4, 0.5) is 9.18 Å². The Morgan fingerprint density at radius 2 is 1.74 bits per heavy atom. The van der Waals surface area contributed by atoms with Crippen molar-refractivity contribution in [2.24, 2.45) is 11.8 Å². The van der Waals surface area contributed by atoms with Crippen LogP contribution in [0, 0.1) is 17.7 Å². The summed E-state index contributed by atoms with van der Waals surface area (Å²) in [5, 5.41) is 2.87. The topological polar surface area (TPSA) is 47.6 Å². The molecule has 27 heavy (non-hydrogen) atoms. The minimum Gasteiger partial charge on any atom is -0.493 e. The Morgan fingerprint density at radius 1 is 1.00 bits per heavy atom. The molecular formula is C22H26FNO3. The molecule has 0 unspecified atom stereocenters. The summed E-state index contributed by atoms with van der Waals surface area (Å²) in [6.07, 6.45) is 3.85. The molecule has 0 spiro atoms. The molecule has 1 aliphatic rings. The van der Waals surface area contributed by atoms with Gasteiger partial charge in [-0.2, -0.15) is 0 Å². The molecule has 1 saturated carbocycles. The summed E-state index contributed by atoms with van der Waals surface area (Å²) in [7, 11) is 0. The van der Waals surface area contributed by atoms with Gasteiger partial charge < -0.3 is 14.8 Å². The van der Waals surface area contributed by atoms with E-state index in [1.54, 1.807) is 12.1 Å². The molecule has 0 radical (unpaired) electrons. The number of hydrogen-bond donors (Lipinski definition) is 1. The van der Waals surface area contributed by atoms with E-state index in [1.807, 2.05) is 30.3 Å². The predicted molar refractivity (Wildman–Crippen MR) is 102 cm³/mol. The number of carbonyl (C=O) groups is 1. The molecule has 2 aromatic rings. The highest BCUT2D eigenvalue weighted by Crippen LogP contribution is 2.29. The van der Waals surface area contributed by atoms with Crippen molar-refractivity contribution >= 4 is 6.09 Å². The van der Waals surface area contributed by atoms with E-state index in [2.05, 4.69) is 5.32 Å². The van der Waals surface area contributed by atoms with E-state index < -0.39 is 0 Å². The molecule has 0 saturated heterocycles. The Labute approximate surface area is 159 Å². The predicted octanol–water partition coefficient (Wildman–Crippen LogP) is 4.94. The summed E-state index contributed by atoms with van der Waals surface area (Å²) < 4.78 is 24.1. The molecule has 1 amide bonds. The SMILES string of the molecule is O=C(NCC1CCC(COc2cccc(F)c2)CC1)OCc1ccccc1. The van der Waals surface area contributed by atoms with Crippen LogP contribution in [0.15, 0.2) is 54.6 Å². The van der Waals surface area contributed by atoms with Gasteiger partial charge in [-0.1, -0.05) is 36.4 Å². The van der Waals surface area contributed by atoms with Crippen LogP contribution >= 0.6 is 0 Å². The molecule has 1 N–H and O–H groups in total. The van der Waals surface area contributed by atoms with Crippen molar-refractivity contribution in [1.82, 2.24) is 5.32 Å². The van der Waals surface area contributed by atoms with Gasteiger partial charge >= 0.3 is 6.09 Å². The second kappa shape index (κ2) is 9.95. The minimum absolute atomic E-state index is 0.276. The molecular weight excluding hydrogens is 345 g/mol. The largest absolute Gasteiger partial charge is 0.493 e. The first-order valence-electron chi connectivity index (χ1n) is 9.52. The van der Waals surface area contributed by atoms with Gasteiger partial charge in [0.2, 0.25) is 0 Å². The van der Waals surface area contributed by atoms with Gasteiger partial charge in [0.05, 0.1) is 6.61 Å². The summed E-state index contributed by atoms with van der Waals surface area (Å²) in [5.74, 6) is 1.26. The summed E-state index contributed by atoms with van der Waals surface area (Å²) in [4.78, 5) is 11.8. The molecule has 2 aromatic carbocycles. The molecule has 5 heteroatoms. The van der Waals surface area contributed by atoms with Crippen molar-refractivity contribution < 1.29 is 18.7 Å². The monoisotopic (exact) mass is 371 g/mol. The third kappa shape index (κ3) is 6.59. The average molecular weight is 371 g/mol. The maximum atomic E-state index is 13.2. The van der Waals surface area contributed by atoms with Crippen LogP contribution in [0.2, 0.25) is 0 Å². The molecule has 1 fully saturated rings. The van der Waals surface area contributed by atoms with E-state index in [4.69, 9.17) is 9.47 Å². The Hall–Kier alpha value is -2.56. The van der Waals surface area contributed by atoms with Crippen molar-refractivity contribution in [3.63, 3.8) is 0 Å². The minimum atomic E-state index is -0.365. The fraction of sp³-hybridized carbons (Fsp3) is 0.409. The molecule has 3 rings (SSSR count). The number of halogens is 1. The van der Waals surface area contributed by atoms with Crippen LogP contribution in [0.1, 0.15) is 31.2 Å². The Bertz CT molecular complexity index is 715. The lowest BCUT2D eigenvalue weighted by Gasteiger charge is -2.28. The highest BCUT2D eigenvalue weighted by molar-refractivity contribution is 5.67. The molecule has 0 aromatic heterocycles. The number of nitrogens with one attached hydrogen (secondary N) is 1. The first kappa shape index (κ1) is 19.2. The van der Waals surface area contributed by atoms with E-state index in [9.17, 15) is 9.18 Å². The Morgan fingerprint density at radius 3 is 2.48 bits per heavy atom. The molecule has 4 nitrogen and oxygen atoms in total. The van der Waals surface area contributed by atoms with Gasteiger partial charge in [0.15, 0.2) is 0 Å². The summed E-state index contributed by atoms with van der Waals surface area (Å²) in [5.41, 5.74) is 0.978. The van der Waals surface area contributed by atoms with Crippen molar-refractivity contribution in [2.45, 2.75) is 32.3 Å². The third-order valence-corrected chi connectivity index (χ3v) is 5.00. The molecule has 0 aliphatic heterocycles. The summed E-state index contributed by atoms with van der Waals surface area (Å²) in [6.45, 7) is 1.55. The highest BCUT2D eigenvalue weighted by Gasteiger charge is 2.22. The number of carbonyl (C=O) groups excluding carboxylic acids is 1. The molecule has 0 atom stereocenters. The standard InChI is InChI=1S/C22H26FNO3/c23-20-7-4-8-21(13-20)26-15-19-11-9-17(10-12-19)14-24-22(25)27-16-18-5-2-1-3-6-18/h1-8,13,17,19H,9-12,14-16H2,(H,24,25). The quantitative estimate of drug-likeness (QED) is 0.750. The maximum absolute atomic E-state index is 13.2. The van der Waals surface area contributed by atoms with Crippen molar-refractivity contribution in [3.05, 3.63) is 66.0 Å². The number of rotatable bonds is 7. The normalized spacial score (nSPS) is 19.3. The van der Waals surface area contributed by atoms with Crippen LogP contribution in [0.5, 0.6) is 5.75 Å². The zero-order chi connectivity index (χ0) is 18.9. The van der Waals surface area contributed by atoms with Gasteiger partial charge in [0, 0.05) is 12.6 Å². The molecule has 0 bridgehead atoms. The lowest BCUT2D eigenvalue weighted by molar-refractivity contribution is 0.134. The third-order valence-electron chi connectivity index (χ3n) is 5.00. The lowest BCUT2D eigenvalue weighted by atomic mass is 9.82. The van der Waals surface area contributed by atoms with Crippen molar-refractivity contribution in [3.8, 4) is 5.75 Å². The molecule has 0 heterocycles. The van der Waals surface area contributed by atoms with Gasteiger partial charge in [-0.3, -0.25) is 0 Å². The Kier molecular flexibility index (Phi) is 7.08. The fourth-order valence-corrected chi connectivity index (χ4v) is 3.37. The van der Waals surface area contributed by atoms with Crippen LogP contribution in [0.25, 0.3) is 0 Å². The average Bonchev–Trinajstić information content (AvgIpc) is 2.71. The van der Waals surface area contributed by atoms with E-state index in [0.717, 1.165) is 31.2 Å². The maximum Gasteiger partial charge on any atom is 0.407 e. The van der Waals surface area contributed by atoms with Gasteiger partial charge in [-0.05, 0) is 55.2 Å². The van der Waals surface area contributed by atoms with Gasteiger partial charge in [-0.25, -0.2) is 9.18 Å². The van der Waals surface area contributed by atoms with E-state index in [-0.39, 0.29) is 18.5 Å². The Balaban J connectivity index is 1.29. The number of ether oxygens (including phenoxy) is 2. The van der Waals surface area contributed by atoms with Gasteiger partial charge in [0.25, 0.3) is 0 Å². The van der Waals surface area contributed by atoms with Crippen molar-refractivity contribution in [2.75, 3.05) is 13.2 Å². The first-order valence-corrected chi connectivity index (χ1v) is 9.52. The number of alkyl carbamates (subject to hydrolysis) is 1. The second-order valence-electron chi connectivity index (χ2n) is 7.10. The van der Waals surface area contributed by atoms with Crippen LogP contribution in [-0.4, -0.2) is 19.2 Å². The first-order chi connectivity index (χ1) is 13.2. The van der Waals surface area contributed by atoms with Gasteiger partial charge in [-0.15, -0.1) is 0 Å². The van der Waals surface area contributed by atoms with E-state index >= 15 is 0 Å². The van der Waals surface area contributed by atoms with Crippen LogP contribution in [-0.2, 0) is 11.3 Å². The molecule has 1 aliphatic carbocycles. The number of benzene rings is 2. The van der Waals surface area contributed by atoms with Crippen LogP contribution < -0.4 is 10.1 Å². The zero-order valence-corrected chi connectivity index (χ0v) is 15.4. The lowest BCUT2D eigenvalue weighted by Crippen LogP contribution is -2.32. The summed E-state index contributed by atoms with van der Waals surface area (Å²) in [6, 6.07) is 15.9. The second-order valence-corrected chi connectivity index (χ2v) is 7.10. The van der Waals surface area contributed by atoms with Gasteiger partial charge in [0.1, 0.15) is 18.2 Å². The fourth-order valence-electron chi connectivity index (χ4n) is 3.37. The van der Waals surface area contributed by atoms with Crippen molar-refractivity contribution in [1.29, 1.82) is 0 Å². The number of hydrogen-bond acceptors (Lipinski definition) is 3. The molecule has 144 valence electrons. The number of amides is 1. The highest BCUT2D eigenvalue weighted by atomic mass is 19.1.